The number of carbonyl (C=O) groups is 2. The molecule has 1 fully saturated rings. The summed E-state index contributed by atoms with van der Waals surface area (Å²) < 4.78 is 0. The number of nitrogens with one attached hydrogen (secondary N) is 1. The van der Waals surface area contributed by atoms with Crippen molar-refractivity contribution in [3.8, 4) is 0 Å². The third kappa shape index (κ3) is 3.15. The van der Waals surface area contributed by atoms with Crippen LogP contribution in [0.5, 0.6) is 0 Å². The van der Waals surface area contributed by atoms with Gasteiger partial charge in [-0.1, -0.05) is 48.5 Å². The minimum absolute atomic E-state index is 0.00822. The van der Waals surface area contributed by atoms with Gasteiger partial charge in [0.05, 0.1) is 0 Å². The van der Waals surface area contributed by atoms with E-state index in [1.807, 2.05) is 32.6 Å². The summed E-state index contributed by atoms with van der Waals surface area (Å²) in [4.78, 5) is 27.1. The summed E-state index contributed by atoms with van der Waals surface area (Å²) in [6, 6.07) is -0.623. The van der Waals surface area contributed by atoms with Crippen molar-refractivity contribution < 1.29 is 9.59 Å². The van der Waals surface area contributed by atoms with Crippen molar-refractivity contribution in [1.82, 2.24) is 10.2 Å². The van der Waals surface area contributed by atoms with Crippen LogP contribution in [0.4, 0.5) is 0 Å². The van der Waals surface area contributed by atoms with E-state index in [4.69, 9.17) is 0 Å². The summed E-state index contributed by atoms with van der Waals surface area (Å²) in [5.74, 6) is 0.417. The highest BCUT2D eigenvalue weighted by Crippen LogP contribution is 2.29. The summed E-state index contributed by atoms with van der Waals surface area (Å²) in [6.45, 7) is 14.3. The maximum atomic E-state index is 12.9. The van der Waals surface area contributed by atoms with E-state index in [2.05, 4.69) is 26.1 Å². The Bertz CT molecular complexity index is 371. The second-order valence-electron chi connectivity index (χ2n) is 7.20. The zero-order valence-electron chi connectivity index (χ0n) is 14.0. The minimum Gasteiger partial charge on any atom is -0.342 e. The first kappa shape index (κ1) is 17.0. The van der Waals surface area contributed by atoms with Gasteiger partial charge in [-0.15, -0.1) is 0 Å². The molecule has 0 radical (unpaired) electrons. The zero-order chi connectivity index (χ0) is 15.7. The van der Waals surface area contributed by atoms with Crippen molar-refractivity contribution in [2.24, 2.45) is 11.3 Å². The predicted molar refractivity (Wildman–Crippen MR) is 81.2 cm³/mol. The topological polar surface area (TPSA) is 49.4 Å². The van der Waals surface area contributed by atoms with Crippen LogP contribution in [0.3, 0.4) is 0 Å². The fraction of sp³-hybridized carbons (Fsp3) is 0.875. The summed E-state index contributed by atoms with van der Waals surface area (Å²) in [5, 5.41) is 2.92. The fourth-order valence-corrected chi connectivity index (χ4v) is 3.08. The Morgan fingerprint density at radius 1 is 1.20 bits per heavy atom. The van der Waals surface area contributed by atoms with Crippen LogP contribution in [0.25, 0.3) is 0 Å². The summed E-state index contributed by atoms with van der Waals surface area (Å²) >= 11 is 0. The maximum Gasteiger partial charge on any atom is 0.246 e. The molecular weight excluding hydrogens is 252 g/mol. The van der Waals surface area contributed by atoms with E-state index in [0.29, 0.717) is 12.3 Å². The van der Waals surface area contributed by atoms with Crippen LogP contribution < -0.4 is 5.32 Å². The lowest BCUT2D eigenvalue weighted by Gasteiger charge is -2.47. The molecule has 2 amide bonds. The normalized spacial score (nSPS) is 25.9. The zero-order valence-corrected chi connectivity index (χ0v) is 14.0. The summed E-state index contributed by atoms with van der Waals surface area (Å²) in [5.41, 5.74) is -0.265. The van der Waals surface area contributed by atoms with E-state index in [9.17, 15) is 9.59 Å². The van der Waals surface area contributed by atoms with E-state index in [-0.39, 0.29) is 29.3 Å². The Hall–Kier alpha value is -1.06. The van der Waals surface area contributed by atoms with Gasteiger partial charge in [-0.25, -0.2) is 0 Å². The first-order valence-electron chi connectivity index (χ1n) is 7.77. The fourth-order valence-electron chi connectivity index (χ4n) is 3.08. The van der Waals surface area contributed by atoms with Gasteiger partial charge in [-0.3, -0.25) is 9.59 Å². The molecule has 1 N–H and O–H groups in total. The summed E-state index contributed by atoms with van der Waals surface area (Å²) in [7, 11) is 0. The quantitative estimate of drug-likeness (QED) is 0.861. The van der Waals surface area contributed by atoms with Crippen molar-refractivity contribution in [3.63, 3.8) is 0 Å². The standard InChI is InChI=1S/C16H30N2O2/c1-8-11(10(3)4)18-12(9-2)14(19)17-13(15(18)20)16(5,6)7/h10-13H,8-9H2,1-7H3,(H,17,19). The van der Waals surface area contributed by atoms with Gasteiger partial charge in [0.15, 0.2) is 0 Å². The van der Waals surface area contributed by atoms with E-state index in [1.54, 1.807) is 0 Å². The molecule has 3 unspecified atom stereocenters. The molecule has 1 aliphatic rings. The highest BCUT2D eigenvalue weighted by Gasteiger charge is 2.46. The number of piperazine rings is 1. The highest BCUT2D eigenvalue weighted by atomic mass is 16.2. The van der Waals surface area contributed by atoms with Crippen molar-refractivity contribution in [2.45, 2.75) is 79.4 Å². The Balaban J connectivity index is 3.19. The van der Waals surface area contributed by atoms with Crippen LogP contribution in [0.15, 0.2) is 0 Å². The van der Waals surface area contributed by atoms with Crippen LogP contribution in [0.1, 0.15) is 61.3 Å². The van der Waals surface area contributed by atoms with Crippen LogP contribution in [0, 0.1) is 11.3 Å². The number of rotatable bonds is 4. The molecule has 0 aromatic heterocycles. The largest absolute Gasteiger partial charge is 0.342 e. The Morgan fingerprint density at radius 2 is 1.75 bits per heavy atom. The van der Waals surface area contributed by atoms with Gasteiger partial charge in [-0.05, 0) is 24.2 Å². The molecule has 0 spiro atoms. The van der Waals surface area contributed by atoms with Gasteiger partial charge in [0.25, 0.3) is 0 Å². The molecule has 0 saturated carbocycles. The molecule has 1 saturated heterocycles. The van der Waals surface area contributed by atoms with Gasteiger partial charge in [-0.2, -0.15) is 0 Å². The molecule has 0 bridgehead atoms. The Kier molecular flexibility index (Phi) is 5.22. The van der Waals surface area contributed by atoms with Crippen molar-refractivity contribution in [2.75, 3.05) is 0 Å². The number of nitrogens with zero attached hydrogens (tertiary/aromatic N) is 1. The number of hydrogen-bond acceptors (Lipinski definition) is 2. The molecule has 0 aromatic rings. The lowest BCUT2D eigenvalue weighted by molar-refractivity contribution is -0.156. The second-order valence-corrected chi connectivity index (χ2v) is 7.20. The minimum atomic E-state index is -0.425. The average molecular weight is 282 g/mol. The van der Waals surface area contributed by atoms with Gasteiger partial charge in [0.1, 0.15) is 12.1 Å². The molecule has 0 aromatic carbocycles. The maximum absolute atomic E-state index is 12.9. The smallest absolute Gasteiger partial charge is 0.246 e. The van der Waals surface area contributed by atoms with E-state index in [1.165, 1.54) is 0 Å². The SMILES string of the molecule is CCC1C(=O)NC(C(C)(C)C)C(=O)N1C(CC)C(C)C. The van der Waals surface area contributed by atoms with Crippen molar-refractivity contribution in [3.05, 3.63) is 0 Å². The van der Waals surface area contributed by atoms with Crippen LogP contribution >= 0.6 is 0 Å². The van der Waals surface area contributed by atoms with Gasteiger partial charge >= 0.3 is 0 Å². The number of carbonyl (C=O) groups excluding carboxylic acids is 2. The highest BCUT2D eigenvalue weighted by molar-refractivity contribution is 5.97. The lowest BCUT2D eigenvalue weighted by atomic mass is 9.82. The molecule has 3 atom stereocenters. The monoisotopic (exact) mass is 282 g/mol. The third-order valence-corrected chi connectivity index (χ3v) is 4.22. The molecule has 4 heteroatoms. The molecule has 1 rings (SSSR count). The summed E-state index contributed by atoms with van der Waals surface area (Å²) in [6.07, 6.45) is 1.54. The third-order valence-electron chi connectivity index (χ3n) is 4.22. The number of hydrogen-bond donors (Lipinski definition) is 1. The average Bonchev–Trinajstić information content (AvgIpc) is 2.32. The predicted octanol–water partition coefficient (Wildman–Crippen LogP) is 2.57. The van der Waals surface area contributed by atoms with Gasteiger partial charge in [0.2, 0.25) is 11.8 Å². The van der Waals surface area contributed by atoms with Crippen LogP contribution in [0.2, 0.25) is 0 Å². The second kappa shape index (κ2) is 6.15. The van der Waals surface area contributed by atoms with Crippen molar-refractivity contribution in [1.29, 1.82) is 0 Å². The molecule has 1 heterocycles. The molecule has 116 valence electrons. The van der Waals surface area contributed by atoms with E-state index < -0.39 is 6.04 Å². The molecular formula is C16H30N2O2. The Labute approximate surface area is 123 Å². The first-order chi connectivity index (χ1) is 9.15. The molecule has 20 heavy (non-hydrogen) atoms. The van der Waals surface area contributed by atoms with Crippen molar-refractivity contribution >= 4 is 11.8 Å². The lowest BCUT2D eigenvalue weighted by Crippen LogP contribution is -2.68. The van der Waals surface area contributed by atoms with Crippen LogP contribution in [-0.4, -0.2) is 34.8 Å². The van der Waals surface area contributed by atoms with E-state index >= 15 is 0 Å². The first-order valence-corrected chi connectivity index (χ1v) is 7.77. The van der Waals surface area contributed by atoms with Gasteiger partial charge < -0.3 is 10.2 Å². The van der Waals surface area contributed by atoms with Crippen LogP contribution in [-0.2, 0) is 9.59 Å². The number of amides is 2. The molecule has 4 nitrogen and oxygen atoms in total. The molecule has 0 aliphatic carbocycles. The van der Waals surface area contributed by atoms with E-state index in [0.717, 1.165) is 6.42 Å². The van der Waals surface area contributed by atoms with Gasteiger partial charge in [0, 0.05) is 6.04 Å². The Morgan fingerprint density at radius 3 is 2.10 bits per heavy atom. The molecule has 1 aliphatic heterocycles.